The van der Waals surface area contributed by atoms with E-state index in [1.165, 1.54) is 6.20 Å². The molecule has 0 saturated heterocycles. The zero-order valence-electron chi connectivity index (χ0n) is 10.1. The fraction of sp³-hybridized carbons (Fsp3) is 0.417. The van der Waals surface area contributed by atoms with E-state index in [2.05, 4.69) is 15.6 Å². The van der Waals surface area contributed by atoms with E-state index in [-0.39, 0.29) is 17.7 Å². The smallest absolute Gasteiger partial charge is 0.252 e. The maximum Gasteiger partial charge on any atom is 0.252 e. The summed E-state index contributed by atoms with van der Waals surface area (Å²) in [6.45, 7) is 4.49. The second kappa shape index (κ2) is 6.62. The van der Waals surface area contributed by atoms with E-state index in [0.717, 1.165) is 0 Å². The van der Waals surface area contributed by atoms with Crippen LogP contribution in [0, 0.1) is 5.92 Å². The molecule has 0 aliphatic heterocycles. The summed E-state index contributed by atoms with van der Waals surface area (Å²) in [5.41, 5.74) is 0.516. The predicted octanol–water partition coefficient (Wildman–Crippen LogP) is 0.584. The summed E-state index contributed by atoms with van der Waals surface area (Å²) >= 11 is 0. The molecule has 2 N–H and O–H groups in total. The molecule has 0 aromatic carbocycles. The quantitative estimate of drug-likeness (QED) is 0.733. The van der Waals surface area contributed by atoms with Gasteiger partial charge in [-0.05, 0) is 12.1 Å². The van der Waals surface area contributed by atoms with Gasteiger partial charge in [0.2, 0.25) is 5.91 Å². The van der Waals surface area contributed by atoms with E-state index in [1.54, 1.807) is 18.3 Å². The van der Waals surface area contributed by atoms with E-state index < -0.39 is 0 Å². The van der Waals surface area contributed by atoms with Gasteiger partial charge in [-0.15, -0.1) is 0 Å². The minimum atomic E-state index is -0.183. The number of hydrogen-bond acceptors (Lipinski definition) is 3. The molecular weight excluding hydrogens is 218 g/mol. The first-order chi connectivity index (χ1) is 8.11. The van der Waals surface area contributed by atoms with Crippen LogP contribution in [-0.2, 0) is 4.79 Å². The highest BCUT2D eigenvalue weighted by Crippen LogP contribution is 1.94. The number of hydrogen-bond donors (Lipinski definition) is 2. The monoisotopic (exact) mass is 235 g/mol. The maximum absolute atomic E-state index is 11.6. The third-order valence-corrected chi connectivity index (χ3v) is 2.16. The lowest BCUT2D eigenvalue weighted by Crippen LogP contribution is -2.36. The van der Waals surface area contributed by atoms with Gasteiger partial charge >= 0.3 is 0 Å². The largest absolute Gasteiger partial charge is 0.354 e. The van der Waals surface area contributed by atoms with Crippen LogP contribution in [-0.4, -0.2) is 29.9 Å². The van der Waals surface area contributed by atoms with Gasteiger partial charge < -0.3 is 10.6 Å². The summed E-state index contributed by atoms with van der Waals surface area (Å²) in [6.07, 6.45) is 3.11. The van der Waals surface area contributed by atoms with Crippen molar-refractivity contribution in [1.29, 1.82) is 0 Å². The van der Waals surface area contributed by atoms with Crippen LogP contribution >= 0.6 is 0 Å². The molecule has 0 saturated carbocycles. The van der Waals surface area contributed by atoms with Crippen molar-refractivity contribution in [1.82, 2.24) is 15.6 Å². The third kappa shape index (κ3) is 4.63. The number of pyridine rings is 1. The van der Waals surface area contributed by atoms with Gasteiger partial charge in [-0.25, -0.2) is 0 Å². The minimum absolute atomic E-state index is 0.0133. The van der Waals surface area contributed by atoms with Gasteiger partial charge in [0, 0.05) is 31.4 Å². The van der Waals surface area contributed by atoms with Gasteiger partial charge in [-0.2, -0.15) is 0 Å². The van der Waals surface area contributed by atoms with Crippen LogP contribution in [0.15, 0.2) is 24.5 Å². The van der Waals surface area contributed by atoms with E-state index in [0.29, 0.717) is 18.7 Å². The molecule has 2 amide bonds. The SMILES string of the molecule is CC(C)C(=O)NCCNC(=O)c1cccnc1. The highest BCUT2D eigenvalue weighted by atomic mass is 16.2. The Bertz CT molecular complexity index is 377. The molecule has 1 heterocycles. The molecule has 5 nitrogen and oxygen atoms in total. The Hall–Kier alpha value is -1.91. The molecule has 5 heteroatoms. The molecular formula is C12H17N3O2. The van der Waals surface area contributed by atoms with Gasteiger partial charge in [0.25, 0.3) is 5.91 Å². The highest BCUT2D eigenvalue weighted by Gasteiger charge is 2.06. The zero-order valence-corrected chi connectivity index (χ0v) is 10.1. The Balaban J connectivity index is 2.24. The van der Waals surface area contributed by atoms with Crippen molar-refractivity contribution in [3.05, 3.63) is 30.1 Å². The van der Waals surface area contributed by atoms with E-state index in [1.807, 2.05) is 13.8 Å². The number of carbonyl (C=O) groups is 2. The van der Waals surface area contributed by atoms with Crippen molar-refractivity contribution in [3.63, 3.8) is 0 Å². The molecule has 0 unspecified atom stereocenters. The van der Waals surface area contributed by atoms with Crippen LogP contribution in [0.25, 0.3) is 0 Å². The molecule has 1 aromatic heterocycles. The van der Waals surface area contributed by atoms with Crippen molar-refractivity contribution in [2.75, 3.05) is 13.1 Å². The van der Waals surface area contributed by atoms with Gasteiger partial charge in [0.1, 0.15) is 0 Å². The topological polar surface area (TPSA) is 71.1 Å². The van der Waals surface area contributed by atoms with Crippen LogP contribution < -0.4 is 10.6 Å². The Kier molecular flexibility index (Phi) is 5.13. The highest BCUT2D eigenvalue weighted by molar-refractivity contribution is 5.93. The van der Waals surface area contributed by atoms with Gasteiger partial charge in [-0.3, -0.25) is 14.6 Å². The molecule has 0 radical (unpaired) electrons. The number of carbonyl (C=O) groups excluding carboxylic acids is 2. The molecule has 17 heavy (non-hydrogen) atoms. The van der Waals surface area contributed by atoms with Gasteiger partial charge in [0.15, 0.2) is 0 Å². The van der Waals surface area contributed by atoms with Crippen molar-refractivity contribution >= 4 is 11.8 Å². The molecule has 0 spiro atoms. The first-order valence-electron chi connectivity index (χ1n) is 5.57. The Labute approximate surface area is 101 Å². The van der Waals surface area contributed by atoms with Crippen LogP contribution in [0.5, 0.6) is 0 Å². The lowest BCUT2D eigenvalue weighted by atomic mass is 10.2. The Morgan fingerprint density at radius 3 is 2.59 bits per heavy atom. The number of amides is 2. The lowest BCUT2D eigenvalue weighted by Gasteiger charge is -2.08. The van der Waals surface area contributed by atoms with Crippen molar-refractivity contribution in [3.8, 4) is 0 Å². The van der Waals surface area contributed by atoms with E-state index in [9.17, 15) is 9.59 Å². The lowest BCUT2D eigenvalue weighted by molar-refractivity contribution is -0.123. The normalized spacial score (nSPS) is 10.1. The fourth-order valence-electron chi connectivity index (χ4n) is 1.16. The number of nitrogens with one attached hydrogen (secondary N) is 2. The fourth-order valence-corrected chi connectivity index (χ4v) is 1.16. The minimum Gasteiger partial charge on any atom is -0.354 e. The standard InChI is InChI=1S/C12H17N3O2/c1-9(2)11(16)14-6-7-15-12(17)10-4-3-5-13-8-10/h3-5,8-9H,6-7H2,1-2H3,(H,14,16)(H,15,17). The first kappa shape index (κ1) is 13.2. The summed E-state index contributed by atoms with van der Waals surface area (Å²) in [7, 11) is 0. The average molecular weight is 235 g/mol. The zero-order chi connectivity index (χ0) is 12.7. The van der Waals surface area contributed by atoms with Crippen molar-refractivity contribution < 1.29 is 9.59 Å². The molecule has 0 aliphatic rings. The molecule has 1 rings (SSSR count). The van der Waals surface area contributed by atoms with Crippen LogP contribution in [0.2, 0.25) is 0 Å². The van der Waals surface area contributed by atoms with Crippen molar-refractivity contribution in [2.24, 2.45) is 5.92 Å². The van der Waals surface area contributed by atoms with Crippen LogP contribution in [0.1, 0.15) is 24.2 Å². The molecule has 92 valence electrons. The second-order valence-electron chi connectivity index (χ2n) is 3.94. The van der Waals surface area contributed by atoms with Crippen LogP contribution in [0.3, 0.4) is 0 Å². The van der Waals surface area contributed by atoms with Crippen LogP contribution in [0.4, 0.5) is 0 Å². The third-order valence-electron chi connectivity index (χ3n) is 2.16. The number of rotatable bonds is 5. The molecule has 0 fully saturated rings. The molecule has 0 atom stereocenters. The molecule has 0 bridgehead atoms. The maximum atomic E-state index is 11.6. The van der Waals surface area contributed by atoms with Gasteiger partial charge in [0.05, 0.1) is 5.56 Å². The number of nitrogens with zero attached hydrogens (tertiary/aromatic N) is 1. The number of aromatic nitrogens is 1. The Morgan fingerprint density at radius 2 is 2.00 bits per heavy atom. The van der Waals surface area contributed by atoms with Crippen molar-refractivity contribution in [2.45, 2.75) is 13.8 Å². The van der Waals surface area contributed by atoms with Gasteiger partial charge in [-0.1, -0.05) is 13.8 Å². The Morgan fingerprint density at radius 1 is 1.29 bits per heavy atom. The predicted molar refractivity (Wildman–Crippen MR) is 64.4 cm³/mol. The van der Waals surface area contributed by atoms with E-state index in [4.69, 9.17) is 0 Å². The molecule has 1 aromatic rings. The summed E-state index contributed by atoms with van der Waals surface area (Å²) in [5.74, 6) is -0.235. The molecule has 0 aliphatic carbocycles. The summed E-state index contributed by atoms with van der Waals surface area (Å²) in [4.78, 5) is 26.6. The van der Waals surface area contributed by atoms with E-state index >= 15 is 0 Å². The summed E-state index contributed by atoms with van der Waals surface area (Å²) in [6, 6.07) is 3.39. The average Bonchev–Trinajstić information content (AvgIpc) is 2.35. The first-order valence-corrected chi connectivity index (χ1v) is 5.57. The second-order valence-corrected chi connectivity index (χ2v) is 3.94. The summed E-state index contributed by atoms with van der Waals surface area (Å²) < 4.78 is 0. The summed E-state index contributed by atoms with van der Waals surface area (Å²) in [5, 5.41) is 5.42.